The van der Waals surface area contributed by atoms with Crippen molar-refractivity contribution >= 4 is 0 Å². The standard InChI is InChI=1S/C15H26O2/c1-11(2)13-7-5-12(3)6-8-14(16)15(4,17)10-9-13/h6,9-11,13-14,16-17H,5,7-8H2,1-4H3/b10-9?,12-6+/t13-,14?,15+/m1/s1. The van der Waals surface area contributed by atoms with Gasteiger partial charge in [-0.3, -0.25) is 0 Å². The van der Waals surface area contributed by atoms with E-state index in [0.29, 0.717) is 18.3 Å². The minimum atomic E-state index is -1.12. The number of allylic oxidation sites excluding steroid dienone is 2. The van der Waals surface area contributed by atoms with Crippen LogP contribution in [0.3, 0.4) is 0 Å². The molecule has 0 fully saturated rings. The maximum atomic E-state index is 10.2. The molecule has 0 aromatic heterocycles. The van der Waals surface area contributed by atoms with Crippen molar-refractivity contribution in [2.75, 3.05) is 0 Å². The molecular weight excluding hydrogens is 212 g/mol. The van der Waals surface area contributed by atoms with Crippen LogP contribution in [-0.2, 0) is 0 Å². The Morgan fingerprint density at radius 1 is 1.41 bits per heavy atom. The van der Waals surface area contributed by atoms with Gasteiger partial charge >= 0.3 is 0 Å². The highest BCUT2D eigenvalue weighted by Gasteiger charge is 2.27. The highest BCUT2D eigenvalue weighted by atomic mass is 16.3. The Labute approximate surface area is 105 Å². The molecule has 17 heavy (non-hydrogen) atoms. The van der Waals surface area contributed by atoms with Crippen LogP contribution in [0.5, 0.6) is 0 Å². The highest BCUT2D eigenvalue weighted by Crippen LogP contribution is 2.26. The van der Waals surface area contributed by atoms with Gasteiger partial charge in [-0.05, 0) is 44.9 Å². The van der Waals surface area contributed by atoms with Gasteiger partial charge in [0, 0.05) is 0 Å². The number of hydrogen-bond acceptors (Lipinski definition) is 2. The Hall–Kier alpha value is -0.600. The van der Waals surface area contributed by atoms with Crippen LogP contribution in [0, 0.1) is 11.8 Å². The van der Waals surface area contributed by atoms with Gasteiger partial charge in [-0.1, -0.05) is 37.6 Å². The normalized spacial score (nSPS) is 38.9. The molecule has 2 nitrogen and oxygen atoms in total. The SMILES string of the molecule is C/C1=C\CC(O)[C@@](C)(O)C=C[C@H](C(C)C)CC1. The molecule has 1 aliphatic rings. The first-order valence-electron chi connectivity index (χ1n) is 6.58. The molecule has 0 amide bonds. The molecule has 0 aliphatic heterocycles. The van der Waals surface area contributed by atoms with Gasteiger partial charge < -0.3 is 10.2 Å². The van der Waals surface area contributed by atoms with Gasteiger partial charge in [-0.15, -0.1) is 0 Å². The average molecular weight is 238 g/mol. The number of hydrogen-bond donors (Lipinski definition) is 2. The molecule has 2 N–H and O–H groups in total. The molecule has 0 aromatic rings. The summed E-state index contributed by atoms with van der Waals surface area (Å²) in [7, 11) is 0. The van der Waals surface area contributed by atoms with Crippen molar-refractivity contribution in [3.8, 4) is 0 Å². The van der Waals surface area contributed by atoms with Crippen molar-refractivity contribution < 1.29 is 10.2 Å². The van der Waals surface area contributed by atoms with Crippen molar-refractivity contribution in [3.05, 3.63) is 23.8 Å². The van der Waals surface area contributed by atoms with Gasteiger partial charge in [-0.25, -0.2) is 0 Å². The summed E-state index contributed by atoms with van der Waals surface area (Å²) in [5.74, 6) is 1.03. The van der Waals surface area contributed by atoms with Gasteiger partial charge in [0.2, 0.25) is 0 Å². The molecule has 2 heteroatoms. The Kier molecular flexibility index (Phi) is 4.96. The maximum absolute atomic E-state index is 10.2. The van der Waals surface area contributed by atoms with E-state index >= 15 is 0 Å². The Bertz CT molecular complexity index is 300. The summed E-state index contributed by atoms with van der Waals surface area (Å²) in [6.07, 6.45) is 7.89. The van der Waals surface area contributed by atoms with E-state index in [1.807, 2.05) is 0 Å². The van der Waals surface area contributed by atoms with Crippen LogP contribution in [0.2, 0.25) is 0 Å². The van der Waals surface area contributed by atoms with Crippen molar-refractivity contribution in [2.24, 2.45) is 11.8 Å². The van der Waals surface area contributed by atoms with Crippen LogP contribution in [0.25, 0.3) is 0 Å². The first-order chi connectivity index (χ1) is 7.83. The largest absolute Gasteiger partial charge is 0.389 e. The Morgan fingerprint density at radius 2 is 2.06 bits per heavy atom. The van der Waals surface area contributed by atoms with Gasteiger partial charge in [0.1, 0.15) is 5.60 Å². The topological polar surface area (TPSA) is 40.5 Å². The van der Waals surface area contributed by atoms with Gasteiger partial charge in [0.05, 0.1) is 6.10 Å². The molecule has 0 bridgehead atoms. The second-order valence-corrected chi connectivity index (χ2v) is 5.83. The second-order valence-electron chi connectivity index (χ2n) is 5.83. The number of aliphatic hydroxyl groups excluding tert-OH is 1. The van der Waals surface area contributed by atoms with E-state index in [2.05, 4.69) is 32.9 Å². The molecule has 1 rings (SSSR count). The summed E-state index contributed by atoms with van der Waals surface area (Å²) in [4.78, 5) is 0. The highest BCUT2D eigenvalue weighted by molar-refractivity contribution is 5.10. The lowest BCUT2D eigenvalue weighted by Crippen LogP contribution is -2.37. The van der Waals surface area contributed by atoms with Crippen LogP contribution < -0.4 is 0 Å². The minimum absolute atomic E-state index is 0.468. The molecule has 3 atom stereocenters. The van der Waals surface area contributed by atoms with Gasteiger partial charge in [0.15, 0.2) is 0 Å². The fraction of sp³-hybridized carbons (Fsp3) is 0.733. The summed E-state index contributed by atoms with van der Waals surface area (Å²) in [5.41, 5.74) is 0.183. The molecule has 0 spiro atoms. The third-order valence-electron chi connectivity index (χ3n) is 3.77. The summed E-state index contributed by atoms with van der Waals surface area (Å²) in [6.45, 7) is 8.18. The Morgan fingerprint density at radius 3 is 2.65 bits per heavy atom. The fourth-order valence-electron chi connectivity index (χ4n) is 2.13. The summed E-state index contributed by atoms with van der Waals surface area (Å²) < 4.78 is 0. The molecule has 0 radical (unpaired) electrons. The van der Waals surface area contributed by atoms with E-state index in [1.165, 1.54) is 5.57 Å². The van der Waals surface area contributed by atoms with Crippen LogP contribution >= 0.6 is 0 Å². The minimum Gasteiger partial charge on any atom is -0.389 e. The zero-order valence-electron chi connectivity index (χ0n) is 11.5. The van der Waals surface area contributed by atoms with Crippen molar-refractivity contribution in [1.29, 1.82) is 0 Å². The monoisotopic (exact) mass is 238 g/mol. The van der Waals surface area contributed by atoms with E-state index in [9.17, 15) is 10.2 Å². The number of rotatable bonds is 1. The predicted molar refractivity (Wildman–Crippen MR) is 71.7 cm³/mol. The molecule has 1 aliphatic carbocycles. The van der Waals surface area contributed by atoms with E-state index < -0.39 is 11.7 Å². The van der Waals surface area contributed by atoms with Crippen LogP contribution in [-0.4, -0.2) is 21.9 Å². The third-order valence-corrected chi connectivity index (χ3v) is 3.77. The van der Waals surface area contributed by atoms with E-state index in [0.717, 1.165) is 12.8 Å². The molecular formula is C15H26O2. The van der Waals surface area contributed by atoms with Gasteiger partial charge in [0.25, 0.3) is 0 Å². The van der Waals surface area contributed by atoms with Crippen molar-refractivity contribution in [3.63, 3.8) is 0 Å². The molecule has 0 heterocycles. The fourth-order valence-corrected chi connectivity index (χ4v) is 2.13. The van der Waals surface area contributed by atoms with Crippen LogP contribution in [0.15, 0.2) is 23.8 Å². The van der Waals surface area contributed by atoms with Crippen molar-refractivity contribution in [2.45, 2.75) is 58.7 Å². The van der Waals surface area contributed by atoms with E-state index in [1.54, 1.807) is 13.0 Å². The smallest absolute Gasteiger partial charge is 0.106 e. The summed E-state index contributed by atoms with van der Waals surface area (Å²) in [6, 6.07) is 0. The molecule has 0 saturated heterocycles. The quantitative estimate of drug-likeness (QED) is 0.689. The zero-order valence-corrected chi connectivity index (χ0v) is 11.5. The molecule has 98 valence electrons. The van der Waals surface area contributed by atoms with Crippen LogP contribution in [0.1, 0.15) is 47.0 Å². The lowest BCUT2D eigenvalue weighted by atomic mass is 9.85. The van der Waals surface area contributed by atoms with Crippen LogP contribution in [0.4, 0.5) is 0 Å². The molecule has 0 aromatic carbocycles. The van der Waals surface area contributed by atoms with Crippen molar-refractivity contribution in [1.82, 2.24) is 0 Å². The lowest BCUT2D eigenvalue weighted by molar-refractivity contribution is -0.0245. The zero-order chi connectivity index (χ0) is 13.1. The molecule has 0 saturated carbocycles. The summed E-state index contributed by atoms with van der Waals surface area (Å²) >= 11 is 0. The molecule has 1 unspecified atom stereocenters. The van der Waals surface area contributed by atoms with E-state index in [-0.39, 0.29) is 0 Å². The average Bonchev–Trinajstić information content (AvgIpc) is 2.24. The predicted octanol–water partition coefficient (Wildman–Crippen LogP) is 3.06. The maximum Gasteiger partial charge on any atom is 0.106 e. The summed E-state index contributed by atoms with van der Waals surface area (Å²) in [5, 5.41) is 20.1. The van der Waals surface area contributed by atoms with Gasteiger partial charge in [-0.2, -0.15) is 0 Å². The third kappa shape index (κ3) is 4.29. The second kappa shape index (κ2) is 5.83. The lowest BCUT2D eigenvalue weighted by Gasteiger charge is -2.28. The first kappa shape index (κ1) is 14.5. The van der Waals surface area contributed by atoms with E-state index in [4.69, 9.17) is 0 Å². The number of aliphatic hydroxyl groups is 2. The Balaban J connectivity index is 2.91. The first-order valence-corrected chi connectivity index (χ1v) is 6.58.